The molecule has 1 aliphatic heterocycles. The van der Waals surface area contributed by atoms with E-state index >= 15 is 0 Å². The number of hydrogen-bond acceptors (Lipinski definition) is 8. The topological polar surface area (TPSA) is 131 Å². The molecule has 2 heterocycles. The SMILES string of the molecule is CCCN(c1nccc(COC2OCCC2(Cc2ccccc2)NC(=O)O)c1N(CCOC)C[C@H]1C[C@@H]1C)S(C)(=O)=O. The third kappa shape index (κ3) is 7.91. The first kappa shape index (κ1) is 32.0. The molecule has 1 aliphatic carbocycles. The molecule has 1 saturated heterocycles. The van der Waals surface area contributed by atoms with Crippen LogP contribution in [-0.4, -0.2) is 82.6 Å². The summed E-state index contributed by atoms with van der Waals surface area (Å²) >= 11 is 0. The summed E-state index contributed by atoms with van der Waals surface area (Å²) in [6.07, 6.45) is 3.37. The molecule has 11 nitrogen and oxygen atoms in total. The molecule has 2 aromatic rings. The van der Waals surface area contributed by atoms with E-state index in [1.54, 1.807) is 13.3 Å². The molecule has 2 aliphatic rings. The molecule has 0 spiro atoms. The molecule has 1 saturated carbocycles. The molecule has 2 unspecified atom stereocenters. The van der Waals surface area contributed by atoms with Crippen LogP contribution in [-0.2, 0) is 37.3 Å². The Balaban J connectivity index is 1.70. The third-order valence-electron chi connectivity index (χ3n) is 8.04. The normalized spacial score (nSPS) is 23.5. The fourth-order valence-electron chi connectivity index (χ4n) is 5.70. The van der Waals surface area contributed by atoms with E-state index in [0.717, 1.165) is 24.1 Å². The zero-order chi connectivity index (χ0) is 30.3. The molecule has 12 heteroatoms. The summed E-state index contributed by atoms with van der Waals surface area (Å²) in [4.78, 5) is 18.7. The smallest absolute Gasteiger partial charge is 0.405 e. The predicted octanol–water partition coefficient (Wildman–Crippen LogP) is 3.88. The van der Waals surface area contributed by atoms with Gasteiger partial charge >= 0.3 is 6.09 Å². The Kier molecular flexibility index (Phi) is 10.7. The maximum atomic E-state index is 13.0. The molecular weight excluding hydrogens is 560 g/mol. The van der Waals surface area contributed by atoms with Crippen LogP contribution in [0.5, 0.6) is 0 Å². The molecule has 42 heavy (non-hydrogen) atoms. The summed E-state index contributed by atoms with van der Waals surface area (Å²) in [5.41, 5.74) is 1.41. The van der Waals surface area contributed by atoms with Gasteiger partial charge in [-0.2, -0.15) is 0 Å². The zero-order valence-corrected chi connectivity index (χ0v) is 25.8. The second kappa shape index (κ2) is 14.0. The number of anilines is 2. The number of ether oxygens (including phenoxy) is 3. The number of nitrogens with zero attached hydrogens (tertiary/aromatic N) is 3. The number of hydrogen-bond donors (Lipinski definition) is 2. The van der Waals surface area contributed by atoms with E-state index in [-0.39, 0.29) is 13.2 Å². The van der Waals surface area contributed by atoms with Gasteiger partial charge in [-0.25, -0.2) is 18.2 Å². The van der Waals surface area contributed by atoms with E-state index in [9.17, 15) is 18.3 Å². The van der Waals surface area contributed by atoms with Gasteiger partial charge in [0.25, 0.3) is 0 Å². The molecule has 1 aromatic carbocycles. The Bertz CT molecular complexity index is 1300. The average molecular weight is 605 g/mol. The van der Waals surface area contributed by atoms with Crippen LogP contribution < -0.4 is 14.5 Å². The van der Waals surface area contributed by atoms with Crippen molar-refractivity contribution in [1.29, 1.82) is 0 Å². The number of sulfonamides is 1. The van der Waals surface area contributed by atoms with Crippen molar-refractivity contribution in [1.82, 2.24) is 10.3 Å². The summed E-state index contributed by atoms with van der Waals surface area (Å²) in [6.45, 7) is 6.58. The van der Waals surface area contributed by atoms with Crippen LogP contribution in [0.25, 0.3) is 0 Å². The van der Waals surface area contributed by atoms with E-state index in [1.807, 2.05) is 43.3 Å². The molecule has 1 aromatic heterocycles. The lowest BCUT2D eigenvalue weighted by Crippen LogP contribution is -2.56. The van der Waals surface area contributed by atoms with Gasteiger partial charge in [-0.05, 0) is 42.7 Å². The van der Waals surface area contributed by atoms with Crippen LogP contribution in [0.15, 0.2) is 42.6 Å². The second-order valence-electron chi connectivity index (χ2n) is 11.4. The Morgan fingerprint density at radius 2 is 1.98 bits per heavy atom. The highest BCUT2D eigenvalue weighted by atomic mass is 32.2. The summed E-state index contributed by atoms with van der Waals surface area (Å²) in [6, 6.07) is 11.5. The molecule has 1 amide bonds. The van der Waals surface area contributed by atoms with Crippen molar-refractivity contribution in [2.45, 2.75) is 58.0 Å². The highest BCUT2D eigenvalue weighted by Gasteiger charge is 2.47. The van der Waals surface area contributed by atoms with E-state index in [4.69, 9.17) is 14.2 Å². The van der Waals surface area contributed by atoms with E-state index in [2.05, 4.69) is 22.1 Å². The van der Waals surface area contributed by atoms with Crippen LogP contribution in [0.1, 0.15) is 44.2 Å². The number of benzene rings is 1. The minimum Gasteiger partial charge on any atom is -0.465 e. The van der Waals surface area contributed by atoms with Crippen molar-refractivity contribution < 1.29 is 32.5 Å². The third-order valence-corrected chi connectivity index (χ3v) is 9.20. The van der Waals surface area contributed by atoms with Crippen molar-refractivity contribution in [3.8, 4) is 0 Å². The number of carboxylic acid groups (broad SMARTS) is 1. The Morgan fingerprint density at radius 1 is 1.24 bits per heavy atom. The molecule has 2 fully saturated rings. The number of amides is 1. The number of nitrogens with one attached hydrogen (secondary N) is 1. The molecule has 0 radical (unpaired) electrons. The highest BCUT2D eigenvalue weighted by molar-refractivity contribution is 7.92. The molecule has 4 rings (SSSR count). The molecule has 4 atom stereocenters. The summed E-state index contributed by atoms with van der Waals surface area (Å²) in [7, 11) is -1.98. The summed E-state index contributed by atoms with van der Waals surface area (Å²) in [5, 5.41) is 12.4. The molecule has 2 N–H and O–H groups in total. The summed E-state index contributed by atoms with van der Waals surface area (Å²) < 4.78 is 45.1. The number of carbonyl (C=O) groups is 1. The van der Waals surface area contributed by atoms with E-state index in [0.29, 0.717) is 62.4 Å². The van der Waals surface area contributed by atoms with Crippen LogP contribution in [0, 0.1) is 11.8 Å². The highest BCUT2D eigenvalue weighted by Crippen LogP contribution is 2.42. The van der Waals surface area contributed by atoms with Crippen molar-refractivity contribution in [3.63, 3.8) is 0 Å². The van der Waals surface area contributed by atoms with E-state index < -0.39 is 27.9 Å². The van der Waals surface area contributed by atoms with Gasteiger partial charge < -0.3 is 29.5 Å². The van der Waals surface area contributed by atoms with Gasteiger partial charge in [0.1, 0.15) is 5.54 Å². The van der Waals surface area contributed by atoms with Gasteiger partial charge in [-0.15, -0.1) is 0 Å². The minimum atomic E-state index is -3.62. The van der Waals surface area contributed by atoms with Gasteiger partial charge in [0.2, 0.25) is 10.0 Å². The van der Waals surface area contributed by atoms with E-state index in [1.165, 1.54) is 10.6 Å². The fourth-order valence-corrected chi connectivity index (χ4v) is 6.66. The first-order valence-electron chi connectivity index (χ1n) is 14.6. The largest absolute Gasteiger partial charge is 0.465 e. The fraction of sp³-hybridized carbons (Fsp3) is 0.600. The number of pyridine rings is 1. The zero-order valence-electron chi connectivity index (χ0n) is 25.0. The first-order chi connectivity index (χ1) is 20.1. The predicted molar refractivity (Wildman–Crippen MR) is 161 cm³/mol. The van der Waals surface area contributed by atoms with Crippen LogP contribution >= 0.6 is 0 Å². The standard InChI is InChI=1S/C30H44N4O7S/c1-5-14-34(42(4,37)38)27-26(33(15-17-39-3)20-25-18-22(25)2)24(11-13-31-27)21-41-28-30(12-16-40-28,32-29(35)36)19-23-9-7-6-8-10-23/h6-11,13,22,25,28,32H,5,12,14-21H2,1-4H3,(H,35,36)/t22-,25+,28?,30?/m0/s1. The van der Waals surface area contributed by atoms with Crippen molar-refractivity contribution >= 4 is 27.6 Å². The van der Waals surface area contributed by atoms with Gasteiger partial charge in [0.05, 0.1) is 31.8 Å². The van der Waals surface area contributed by atoms with Gasteiger partial charge in [-0.1, -0.05) is 44.2 Å². The lowest BCUT2D eigenvalue weighted by atomic mass is 9.88. The quantitative estimate of drug-likeness (QED) is 0.293. The molecule has 232 valence electrons. The number of methoxy groups -OCH3 is 1. The molecule has 0 bridgehead atoms. The number of aromatic nitrogens is 1. The van der Waals surface area contributed by atoms with Gasteiger partial charge in [-0.3, -0.25) is 4.31 Å². The first-order valence-corrected chi connectivity index (χ1v) is 16.4. The van der Waals surface area contributed by atoms with Crippen LogP contribution in [0.3, 0.4) is 0 Å². The Labute approximate surface area is 249 Å². The molecular formula is C30H44N4O7S. The minimum absolute atomic E-state index is 0.0702. The Hall–Kier alpha value is -2.93. The maximum Gasteiger partial charge on any atom is 0.405 e. The van der Waals surface area contributed by atoms with Gasteiger partial charge in [0.15, 0.2) is 12.1 Å². The van der Waals surface area contributed by atoms with Crippen molar-refractivity contribution in [3.05, 3.63) is 53.7 Å². The monoisotopic (exact) mass is 604 g/mol. The summed E-state index contributed by atoms with van der Waals surface area (Å²) in [5.74, 6) is 1.43. The average Bonchev–Trinajstić information content (AvgIpc) is 3.50. The second-order valence-corrected chi connectivity index (χ2v) is 13.3. The van der Waals surface area contributed by atoms with Crippen LogP contribution in [0.4, 0.5) is 16.3 Å². The maximum absolute atomic E-state index is 13.0. The van der Waals surface area contributed by atoms with Crippen LogP contribution in [0.2, 0.25) is 0 Å². The van der Waals surface area contributed by atoms with Crippen molar-refractivity contribution in [2.75, 3.05) is 55.4 Å². The van der Waals surface area contributed by atoms with Gasteiger partial charge in [0, 0.05) is 44.9 Å². The lowest BCUT2D eigenvalue weighted by molar-refractivity contribution is -0.150. The number of rotatable bonds is 16. The Morgan fingerprint density at radius 3 is 2.60 bits per heavy atom. The van der Waals surface area contributed by atoms with Crippen molar-refractivity contribution in [2.24, 2.45) is 11.8 Å². The lowest BCUT2D eigenvalue weighted by Gasteiger charge is -2.35.